The van der Waals surface area contributed by atoms with Gasteiger partial charge in [-0.25, -0.2) is 0 Å². The third kappa shape index (κ3) is 6.80. The number of hydrogen-bond donors (Lipinski definition) is 1. The average Bonchev–Trinajstić information content (AvgIpc) is 2.87. The molecule has 0 amide bonds. The lowest BCUT2D eigenvalue weighted by Gasteiger charge is -2.06. The van der Waals surface area contributed by atoms with E-state index in [1.165, 1.54) is 33.0 Å². The summed E-state index contributed by atoms with van der Waals surface area (Å²) in [6.45, 7) is 1.35. The van der Waals surface area contributed by atoms with Crippen LogP contribution in [0.3, 0.4) is 0 Å². The Hall–Kier alpha value is -3.88. The lowest BCUT2D eigenvalue weighted by Crippen LogP contribution is -1.93. The monoisotopic (exact) mass is 432 g/mol. The fourth-order valence-corrected chi connectivity index (χ4v) is 3.72. The van der Waals surface area contributed by atoms with E-state index in [9.17, 15) is 5.11 Å². The van der Waals surface area contributed by atoms with Crippen LogP contribution in [0.4, 0.5) is 0 Å². The van der Waals surface area contributed by atoms with Crippen LogP contribution in [0, 0.1) is 0 Å². The lowest BCUT2D eigenvalue weighted by molar-refractivity contribution is 0.107. The number of phenols is 1. The van der Waals surface area contributed by atoms with Gasteiger partial charge < -0.3 is 9.84 Å². The minimum Gasteiger partial charge on any atom is -0.508 e. The van der Waals surface area contributed by atoms with Crippen molar-refractivity contribution in [3.63, 3.8) is 0 Å². The SMILES string of the molecule is Oc1ccc(Cc2cccc3ccccc23)cc1.c1ccc(COCc2ccccc2)cc1. The van der Waals surface area contributed by atoms with Gasteiger partial charge in [-0.1, -0.05) is 115 Å². The van der Waals surface area contributed by atoms with Crippen LogP contribution in [0.5, 0.6) is 5.75 Å². The van der Waals surface area contributed by atoms with E-state index in [4.69, 9.17) is 4.74 Å². The van der Waals surface area contributed by atoms with Crippen molar-refractivity contribution in [3.8, 4) is 5.75 Å². The summed E-state index contributed by atoms with van der Waals surface area (Å²) in [7, 11) is 0. The van der Waals surface area contributed by atoms with Crippen molar-refractivity contribution in [1.29, 1.82) is 0 Å². The molecule has 164 valence electrons. The summed E-state index contributed by atoms with van der Waals surface area (Å²) < 4.78 is 5.61. The van der Waals surface area contributed by atoms with Gasteiger partial charge in [-0.05, 0) is 51.6 Å². The van der Waals surface area contributed by atoms with E-state index < -0.39 is 0 Å². The first-order valence-electron chi connectivity index (χ1n) is 11.2. The number of ether oxygens (including phenoxy) is 1. The highest BCUT2D eigenvalue weighted by atomic mass is 16.5. The van der Waals surface area contributed by atoms with Gasteiger partial charge in [-0.3, -0.25) is 0 Å². The van der Waals surface area contributed by atoms with Gasteiger partial charge in [0, 0.05) is 0 Å². The maximum atomic E-state index is 9.29. The smallest absolute Gasteiger partial charge is 0.115 e. The van der Waals surface area contributed by atoms with Gasteiger partial charge in [-0.2, -0.15) is 0 Å². The molecule has 0 saturated heterocycles. The number of aromatic hydroxyl groups is 1. The van der Waals surface area contributed by atoms with Crippen molar-refractivity contribution in [1.82, 2.24) is 0 Å². The third-order valence-corrected chi connectivity index (χ3v) is 5.43. The second-order valence-corrected chi connectivity index (χ2v) is 7.95. The van der Waals surface area contributed by atoms with Crippen molar-refractivity contribution in [2.45, 2.75) is 19.6 Å². The summed E-state index contributed by atoms with van der Waals surface area (Å²) in [5.41, 5.74) is 4.96. The number of phenolic OH excluding ortho intramolecular Hbond substituents is 1. The van der Waals surface area contributed by atoms with Gasteiger partial charge in [-0.15, -0.1) is 0 Å². The van der Waals surface area contributed by atoms with Crippen LogP contribution in [0.1, 0.15) is 22.3 Å². The Balaban J connectivity index is 0.000000160. The minimum atomic E-state index is 0.316. The van der Waals surface area contributed by atoms with Crippen LogP contribution >= 0.6 is 0 Å². The Bertz CT molecular complexity index is 1200. The van der Waals surface area contributed by atoms with Crippen LogP contribution in [0.25, 0.3) is 10.8 Å². The molecule has 0 spiro atoms. The maximum Gasteiger partial charge on any atom is 0.115 e. The summed E-state index contributed by atoms with van der Waals surface area (Å²) >= 11 is 0. The maximum absolute atomic E-state index is 9.29. The molecule has 5 aromatic rings. The molecule has 0 fully saturated rings. The van der Waals surface area contributed by atoms with Crippen molar-refractivity contribution >= 4 is 10.8 Å². The molecule has 5 rings (SSSR count). The molecule has 5 aromatic carbocycles. The van der Waals surface area contributed by atoms with Gasteiger partial charge in [0.05, 0.1) is 13.2 Å². The molecule has 0 heterocycles. The Labute approximate surface area is 195 Å². The average molecular weight is 433 g/mol. The molecule has 0 aromatic heterocycles. The number of benzene rings is 5. The normalized spacial score (nSPS) is 10.4. The molecule has 2 heteroatoms. The van der Waals surface area contributed by atoms with Crippen molar-refractivity contribution < 1.29 is 9.84 Å². The number of rotatable bonds is 6. The van der Waals surface area contributed by atoms with E-state index in [2.05, 4.69) is 66.7 Å². The number of fused-ring (bicyclic) bond motifs is 1. The predicted molar refractivity (Wildman–Crippen MR) is 136 cm³/mol. The molecule has 0 atom stereocenters. The zero-order valence-electron chi connectivity index (χ0n) is 18.6. The van der Waals surface area contributed by atoms with E-state index >= 15 is 0 Å². The Morgan fingerprint density at radius 1 is 0.485 bits per heavy atom. The first kappa shape index (κ1) is 22.3. The molecular formula is C31H28O2. The van der Waals surface area contributed by atoms with Gasteiger partial charge in [0.1, 0.15) is 5.75 Å². The van der Waals surface area contributed by atoms with E-state index in [1.54, 1.807) is 12.1 Å². The molecule has 0 aliphatic rings. The van der Waals surface area contributed by atoms with E-state index in [1.807, 2.05) is 48.5 Å². The quantitative estimate of drug-likeness (QED) is 0.300. The van der Waals surface area contributed by atoms with Crippen molar-refractivity contribution in [3.05, 3.63) is 150 Å². The lowest BCUT2D eigenvalue weighted by atomic mass is 9.98. The second-order valence-electron chi connectivity index (χ2n) is 7.95. The summed E-state index contributed by atoms with van der Waals surface area (Å²) in [6.07, 6.45) is 0.891. The van der Waals surface area contributed by atoms with Crippen molar-refractivity contribution in [2.24, 2.45) is 0 Å². The first-order chi connectivity index (χ1) is 16.3. The third-order valence-electron chi connectivity index (χ3n) is 5.43. The summed E-state index contributed by atoms with van der Waals surface area (Å²) in [5.74, 6) is 0.316. The van der Waals surface area contributed by atoms with E-state index in [0.29, 0.717) is 19.0 Å². The molecule has 0 aliphatic carbocycles. The van der Waals surface area contributed by atoms with E-state index in [0.717, 1.165) is 6.42 Å². The largest absolute Gasteiger partial charge is 0.508 e. The fourth-order valence-electron chi connectivity index (χ4n) is 3.72. The van der Waals surface area contributed by atoms with Gasteiger partial charge in [0.25, 0.3) is 0 Å². The topological polar surface area (TPSA) is 29.5 Å². The summed E-state index contributed by atoms with van der Waals surface area (Å²) in [4.78, 5) is 0. The van der Waals surface area contributed by atoms with Gasteiger partial charge in [0.15, 0.2) is 0 Å². The van der Waals surface area contributed by atoms with Gasteiger partial charge >= 0.3 is 0 Å². The summed E-state index contributed by atoms with van der Waals surface area (Å²) in [5, 5.41) is 11.9. The summed E-state index contributed by atoms with van der Waals surface area (Å²) in [6, 6.07) is 42.7. The zero-order valence-corrected chi connectivity index (χ0v) is 18.6. The zero-order chi connectivity index (χ0) is 22.7. The van der Waals surface area contributed by atoms with Crippen molar-refractivity contribution in [2.75, 3.05) is 0 Å². The molecule has 33 heavy (non-hydrogen) atoms. The molecule has 2 nitrogen and oxygen atoms in total. The molecule has 0 bridgehead atoms. The molecule has 0 unspecified atom stereocenters. The molecule has 0 aliphatic heterocycles. The highest BCUT2D eigenvalue weighted by Gasteiger charge is 2.01. The Morgan fingerprint density at radius 2 is 1.03 bits per heavy atom. The van der Waals surface area contributed by atoms with Crippen LogP contribution < -0.4 is 0 Å². The van der Waals surface area contributed by atoms with Crippen LogP contribution in [-0.2, 0) is 24.4 Å². The highest BCUT2D eigenvalue weighted by Crippen LogP contribution is 2.22. The highest BCUT2D eigenvalue weighted by molar-refractivity contribution is 5.85. The first-order valence-corrected chi connectivity index (χ1v) is 11.2. The van der Waals surface area contributed by atoms with Crippen LogP contribution in [0.2, 0.25) is 0 Å². The standard InChI is InChI=1S/C17H14O.C14H14O/c18-16-10-8-13(9-11-16)12-15-6-3-5-14-4-1-2-7-17(14)15;1-3-7-13(8-4-1)11-15-12-14-9-5-2-6-10-14/h1-11,18H,12H2;1-10H,11-12H2. The number of hydrogen-bond acceptors (Lipinski definition) is 2. The van der Waals surface area contributed by atoms with E-state index in [-0.39, 0.29) is 0 Å². The van der Waals surface area contributed by atoms with Crippen LogP contribution in [0.15, 0.2) is 127 Å². The molecule has 1 N–H and O–H groups in total. The van der Waals surface area contributed by atoms with Crippen LogP contribution in [-0.4, -0.2) is 5.11 Å². The Kier molecular flexibility index (Phi) is 7.88. The predicted octanol–water partition coefficient (Wildman–Crippen LogP) is 7.54. The minimum absolute atomic E-state index is 0.316. The fraction of sp³-hybridized carbons (Fsp3) is 0.0968. The second kappa shape index (κ2) is 11.7. The molecular weight excluding hydrogens is 404 g/mol. The Morgan fingerprint density at radius 3 is 1.67 bits per heavy atom. The van der Waals surface area contributed by atoms with Gasteiger partial charge in [0.2, 0.25) is 0 Å². The molecule has 0 saturated carbocycles. The molecule has 0 radical (unpaired) electrons.